The van der Waals surface area contributed by atoms with Crippen LogP contribution in [0.2, 0.25) is 0 Å². The quantitative estimate of drug-likeness (QED) is 0.575. The summed E-state index contributed by atoms with van der Waals surface area (Å²) in [7, 11) is 0. The number of ether oxygens (including phenoxy) is 3. The third kappa shape index (κ3) is 3.88. The van der Waals surface area contributed by atoms with Crippen LogP contribution in [-0.4, -0.2) is 40.1 Å². The molecule has 2 atom stereocenters. The fourth-order valence-electron chi connectivity index (χ4n) is 3.78. The Hall–Kier alpha value is -2.61. The molecule has 2 heterocycles. The topological polar surface area (TPSA) is 78.8 Å². The van der Waals surface area contributed by atoms with Gasteiger partial charge in [-0.1, -0.05) is 26.0 Å². The highest BCUT2D eigenvalue weighted by atomic mass is 32.1. The highest BCUT2D eigenvalue weighted by Gasteiger charge is 2.55. The molecule has 162 valence electrons. The number of aromatic nitrogens is 1. The average Bonchev–Trinajstić information content (AvgIpc) is 3.21. The second-order valence-corrected chi connectivity index (χ2v) is 8.98. The lowest BCUT2D eigenvalue weighted by Gasteiger charge is -2.35. The van der Waals surface area contributed by atoms with E-state index in [1.165, 1.54) is 4.57 Å². The number of rotatable bonds is 4. The lowest BCUT2D eigenvalue weighted by molar-refractivity contribution is -0.151. The Kier molecular flexibility index (Phi) is 5.82. The summed E-state index contributed by atoms with van der Waals surface area (Å²) in [6, 6.07) is 6.67. The highest BCUT2D eigenvalue weighted by molar-refractivity contribution is 7.80. The largest absolute Gasteiger partial charge is 0.464 e. The summed E-state index contributed by atoms with van der Waals surface area (Å²) < 4.78 is 18.3. The minimum atomic E-state index is -1.07. The molecule has 0 bridgehead atoms. The smallest absolute Gasteiger partial charge is 0.418 e. The van der Waals surface area contributed by atoms with Crippen molar-refractivity contribution in [2.75, 3.05) is 6.61 Å². The van der Waals surface area contributed by atoms with Crippen molar-refractivity contribution in [1.29, 1.82) is 0 Å². The minimum Gasteiger partial charge on any atom is -0.464 e. The van der Waals surface area contributed by atoms with Gasteiger partial charge in [-0.15, -0.1) is 0 Å². The summed E-state index contributed by atoms with van der Waals surface area (Å²) >= 11 is 5.25. The zero-order valence-corrected chi connectivity index (χ0v) is 19.0. The summed E-state index contributed by atoms with van der Waals surface area (Å²) in [5.74, 6) is -0.559. The van der Waals surface area contributed by atoms with Crippen molar-refractivity contribution in [2.45, 2.75) is 58.8 Å². The molecule has 1 fully saturated rings. The molecule has 30 heavy (non-hydrogen) atoms. The summed E-state index contributed by atoms with van der Waals surface area (Å²) in [5.41, 5.74) is -0.310. The molecule has 3 rings (SSSR count). The highest BCUT2D eigenvalue weighted by Crippen LogP contribution is 2.42. The summed E-state index contributed by atoms with van der Waals surface area (Å²) in [6.45, 7) is 11.4. The molecule has 8 heteroatoms. The fraction of sp³-hybridized carbons (Fsp3) is 0.500. The van der Waals surface area contributed by atoms with Crippen LogP contribution in [0, 0.1) is 5.92 Å². The van der Waals surface area contributed by atoms with E-state index in [1.54, 1.807) is 13.1 Å². The van der Waals surface area contributed by atoms with E-state index in [-0.39, 0.29) is 17.7 Å². The maximum absolute atomic E-state index is 12.7. The second kappa shape index (κ2) is 7.91. The van der Waals surface area contributed by atoms with Crippen LogP contribution in [0.1, 0.15) is 47.1 Å². The van der Waals surface area contributed by atoms with Crippen LogP contribution in [0.15, 0.2) is 30.5 Å². The third-order valence-electron chi connectivity index (χ3n) is 5.07. The molecular weight excluding hydrogens is 404 g/mol. The predicted octanol–water partition coefficient (Wildman–Crippen LogP) is 4.11. The Morgan fingerprint density at radius 1 is 1.30 bits per heavy atom. The van der Waals surface area contributed by atoms with Crippen LogP contribution >= 0.6 is 12.2 Å². The number of hydrogen-bond donors (Lipinski definition) is 1. The van der Waals surface area contributed by atoms with Gasteiger partial charge in [0.25, 0.3) is 5.17 Å². The molecule has 2 aromatic rings. The van der Waals surface area contributed by atoms with Crippen molar-refractivity contribution in [2.24, 2.45) is 5.92 Å². The number of fused-ring (bicyclic) bond motifs is 1. The molecular formula is C22H28N2O5S. The van der Waals surface area contributed by atoms with Gasteiger partial charge >= 0.3 is 12.1 Å². The van der Waals surface area contributed by atoms with E-state index in [0.29, 0.717) is 5.52 Å². The van der Waals surface area contributed by atoms with Crippen LogP contribution in [0.5, 0.6) is 0 Å². The molecule has 1 N–H and O–H groups in total. The van der Waals surface area contributed by atoms with Gasteiger partial charge < -0.3 is 19.5 Å². The first-order valence-electron chi connectivity index (χ1n) is 10.0. The van der Waals surface area contributed by atoms with E-state index in [4.69, 9.17) is 26.4 Å². The van der Waals surface area contributed by atoms with Gasteiger partial charge in [-0.05, 0) is 52.0 Å². The van der Waals surface area contributed by atoms with Crippen LogP contribution in [0.3, 0.4) is 0 Å². The molecule has 1 aliphatic heterocycles. The molecule has 1 aromatic carbocycles. The van der Waals surface area contributed by atoms with Crippen LogP contribution in [0.4, 0.5) is 4.79 Å². The third-order valence-corrected chi connectivity index (χ3v) is 5.27. The van der Waals surface area contributed by atoms with Gasteiger partial charge in [0.05, 0.1) is 12.1 Å². The van der Waals surface area contributed by atoms with E-state index in [0.717, 1.165) is 10.9 Å². The molecule has 0 amide bonds. The Morgan fingerprint density at radius 3 is 2.60 bits per heavy atom. The van der Waals surface area contributed by atoms with Crippen molar-refractivity contribution in [3.8, 4) is 0 Å². The van der Waals surface area contributed by atoms with Crippen molar-refractivity contribution in [3.05, 3.63) is 36.0 Å². The lowest BCUT2D eigenvalue weighted by atomic mass is 9.77. The van der Waals surface area contributed by atoms with Crippen molar-refractivity contribution in [1.82, 2.24) is 9.88 Å². The molecule has 7 nitrogen and oxygen atoms in total. The predicted molar refractivity (Wildman–Crippen MR) is 117 cm³/mol. The molecule has 0 saturated carbocycles. The Bertz CT molecular complexity index is 991. The minimum absolute atomic E-state index is 0.123. The Balaban J connectivity index is 2.13. The fourth-order valence-corrected chi connectivity index (χ4v) is 4.03. The van der Waals surface area contributed by atoms with Crippen molar-refractivity contribution in [3.63, 3.8) is 0 Å². The summed E-state index contributed by atoms with van der Waals surface area (Å²) in [5, 5.41) is 3.96. The number of hydrogen-bond acceptors (Lipinski definition) is 6. The molecule has 1 aromatic heterocycles. The molecule has 1 aliphatic rings. The Morgan fingerprint density at radius 2 is 2.00 bits per heavy atom. The number of thiocarbonyl (C=S) groups is 1. The van der Waals surface area contributed by atoms with E-state index >= 15 is 0 Å². The number of carbonyl (C=O) groups is 2. The normalized spacial score (nSPS) is 21.4. The van der Waals surface area contributed by atoms with Gasteiger partial charge in [-0.2, -0.15) is 0 Å². The van der Waals surface area contributed by atoms with Gasteiger partial charge in [0.1, 0.15) is 5.60 Å². The number of nitrogens with zero attached hydrogens (tertiary/aromatic N) is 1. The molecule has 1 saturated heterocycles. The van der Waals surface area contributed by atoms with Gasteiger partial charge in [0.15, 0.2) is 11.6 Å². The van der Waals surface area contributed by atoms with E-state index in [1.807, 2.05) is 58.9 Å². The summed E-state index contributed by atoms with van der Waals surface area (Å²) in [4.78, 5) is 25.4. The van der Waals surface area contributed by atoms with Gasteiger partial charge in [0, 0.05) is 23.1 Å². The van der Waals surface area contributed by atoms with Crippen LogP contribution in [0.25, 0.3) is 10.9 Å². The SMILES string of the molecule is CCOC(=O)[C@H]1NC(=S)O[C@]1(c1ccc2ccn(C(=O)OC(C)(C)C)c2c1)C(C)C. The average molecular weight is 433 g/mol. The number of esters is 1. The summed E-state index contributed by atoms with van der Waals surface area (Å²) in [6.07, 6.45) is 1.20. The van der Waals surface area contributed by atoms with E-state index in [2.05, 4.69) is 5.32 Å². The molecule has 0 unspecified atom stereocenters. The maximum Gasteiger partial charge on any atom is 0.418 e. The van der Waals surface area contributed by atoms with Gasteiger partial charge in [-0.25, -0.2) is 9.59 Å². The first-order valence-corrected chi connectivity index (χ1v) is 10.4. The standard InChI is InChI=1S/C22H28N2O5S/c1-7-27-18(25)17-22(13(2)3,28-19(30)23-17)15-9-8-14-10-11-24(16(14)12-15)20(26)29-21(4,5)6/h8-13,17H,7H2,1-6H3,(H,23,30)/t17-,22+/m1/s1. The first kappa shape index (κ1) is 22.1. The van der Waals surface area contributed by atoms with E-state index in [9.17, 15) is 9.59 Å². The molecule has 0 spiro atoms. The lowest BCUT2D eigenvalue weighted by Crippen LogP contribution is -2.50. The van der Waals surface area contributed by atoms with Crippen molar-refractivity contribution < 1.29 is 23.8 Å². The first-order chi connectivity index (χ1) is 14.0. The maximum atomic E-state index is 12.7. The zero-order chi connectivity index (χ0) is 22.3. The number of benzene rings is 1. The second-order valence-electron chi connectivity index (χ2n) is 8.61. The van der Waals surface area contributed by atoms with Crippen LogP contribution < -0.4 is 5.32 Å². The van der Waals surface area contributed by atoms with Crippen molar-refractivity contribution >= 4 is 40.4 Å². The van der Waals surface area contributed by atoms with E-state index < -0.39 is 29.3 Å². The van der Waals surface area contributed by atoms with Crippen LogP contribution in [-0.2, 0) is 24.6 Å². The number of carbonyl (C=O) groups excluding carboxylic acids is 2. The number of nitrogens with one attached hydrogen (secondary N) is 1. The van der Waals surface area contributed by atoms with Gasteiger partial charge in [-0.3, -0.25) is 4.57 Å². The Labute approximate surface area is 181 Å². The monoisotopic (exact) mass is 432 g/mol. The zero-order valence-electron chi connectivity index (χ0n) is 18.1. The molecule has 0 aliphatic carbocycles. The van der Waals surface area contributed by atoms with Gasteiger partial charge in [0.2, 0.25) is 0 Å². The molecule has 0 radical (unpaired) electrons.